The SMILES string of the molecule is NC(O)/C=C\n1cnc(-c2cc(C(F)(F)F)cc(C(F)(F)F)c2)n1. The minimum atomic E-state index is -4.96. The Bertz CT molecular complexity index is 715. The number of nitrogens with zero attached hydrogens (tertiary/aromatic N) is 3. The summed E-state index contributed by atoms with van der Waals surface area (Å²) in [6, 6.07) is 1.07. The van der Waals surface area contributed by atoms with Crippen LogP contribution >= 0.6 is 0 Å². The maximum absolute atomic E-state index is 12.8. The van der Waals surface area contributed by atoms with E-state index in [2.05, 4.69) is 10.1 Å². The first kappa shape index (κ1) is 17.9. The molecular formula is C13H10F6N4O. The standard InChI is InChI=1S/C13H10F6N4O/c14-12(15,16)8-3-7(4-9(5-8)13(17,18)19)11-21-6-23(22-11)2-1-10(20)24/h1-6,10,24H,20H2/b2-1-. The van der Waals surface area contributed by atoms with Gasteiger partial charge in [0.2, 0.25) is 0 Å². The summed E-state index contributed by atoms with van der Waals surface area (Å²) in [6.07, 6.45) is -7.93. The molecule has 0 aliphatic heterocycles. The lowest BCUT2D eigenvalue weighted by Gasteiger charge is -2.13. The minimum Gasteiger partial charge on any atom is -0.375 e. The van der Waals surface area contributed by atoms with E-state index >= 15 is 0 Å². The van der Waals surface area contributed by atoms with Crippen molar-refractivity contribution in [3.63, 3.8) is 0 Å². The van der Waals surface area contributed by atoms with E-state index in [1.165, 1.54) is 0 Å². The van der Waals surface area contributed by atoms with Gasteiger partial charge in [0.25, 0.3) is 0 Å². The van der Waals surface area contributed by atoms with Gasteiger partial charge < -0.3 is 10.8 Å². The molecule has 11 heteroatoms. The van der Waals surface area contributed by atoms with Crippen LogP contribution in [0.25, 0.3) is 17.6 Å². The molecule has 0 spiro atoms. The van der Waals surface area contributed by atoms with Crippen LogP contribution in [0.1, 0.15) is 11.1 Å². The van der Waals surface area contributed by atoms with Crippen LogP contribution in [0, 0.1) is 0 Å². The maximum atomic E-state index is 12.8. The summed E-state index contributed by atoms with van der Waals surface area (Å²) in [5, 5.41) is 12.6. The Morgan fingerprint density at radius 3 is 2.04 bits per heavy atom. The van der Waals surface area contributed by atoms with Crippen molar-refractivity contribution in [1.29, 1.82) is 0 Å². The summed E-state index contributed by atoms with van der Waals surface area (Å²) in [6.45, 7) is 0. The summed E-state index contributed by atoms with van der Waals surface area (Å²) in [4.78, 5) is 3.65. The highest BCUT2D eigenvalue weighted by Crippen LogP contribution is 2.37. The van der Waals surface area contributed by atoms with Crippen molar-refractivity contribution in [1.82, 2.24) is 14.8 Å². The summed E-state index contributed by atoms with van der Waals surface area (Å²) < 4.78 is 77.8. The molecule has 0 bridgehead atoms. The molecule has 0 fully saturated rings. The van der Waals surface area contributed by atoms with E-state index in [-0.39, 0.29) is 11.9 Å². The molecule has 0 aliphatic carbocycles. The fourth-order valence-corrected chi connectivity index (χ4v) is 1.74. The number of halogens is 6. The smallest absolute Gasteiger partial charge is 0.375 e. The Morgan fingerprint density at radius 1 is 1.04 bits per heavy atom. The molecule has 5 nitrogen and oxygen atoms in total. The van der Waals surface area contributed by atoms with Crippen molar-refractivity contribution < 1.29 is 31.4 Å². The predicted molar refractivity (Wildman–Crippen MR) is 71.0 cm³/mol. The molecule has 1 atom stereocenters. The summed E-state index contributed by atoms with van der Waals surface area (Å²) in [5.74, 6) is -0.345. The number of aromatic nitrogens is 3. The first-order chi connectivity index (χ1) is 11.0. The Balaban J connectivity index is 2.50. The number of aliphatic hydroxyl groups excluding tert-OH is 1. The van der Waals surface area contributed by atoms with Gasteiger partial charge in [-0.2, -0.15) is 26.3 Å². The van der Waals surface area contributed by atoms with Gasteiger partial charge in [-0.3, -0.25) is 0 Å². The molecule has 0 aliphatic rings. The highest BCUT2D eigenvalue weighted by molar-refractivity contribution is 5.58. The quantitative estimate of drug-likeness (QED) is 0.658. The van der Waals surface area contributed by atoms with E-state index in [4.69, 9.17) is 10.8 Å². The van der Waals surface area contributed by atoms with Crippen LogP contribution in [0.2, 0.25) is 0 Å². The van der Waals surface area contributed by atoms with Crippen molar-refractivity contribution in [2.24, 2.45) is 5.73 Å². The van der Waals surface area contributed by atoms with Crippen LogP contribution in [0.4, 0.5) is 26.3 Å². The van der Waals surface area contributed by atoms with Crippen molar-refractivity contribution in [2.45, 2.75) is 18.6 Å². The normalized spacial score (nSPS) is 14.3. The molecule has 0 saturated heterocycles. The molecular weight excluding hydrogens is 342 g/mol. The molecule has 1 aromatic carbocycles. The van der Waals surface area contributed by atoms with Gasteiger partial charge in [-0.05, 0) is 24.3 Å². The molecule has 2 aromatic rings. The van der Waals surface area contributed by atoms with Crippen LogP contribution in [0.15, 0.2) is 30.6 Å². The number of nitrogens with two attached hydrogens (primary N) is 1. The molecule has 0 amide bonds. The lowest BCUT2D eigenvalue weighted by molar-refractivity contribution is -0.143. The predicted octanol–water partition coefficient (Wildman–Crippen LogP) is 2.73. The monoisotopic (exact) mass is 352 g/mol. The number of benzene rings is 1. The Morgan fingerprint density at radius 2 is 1.58 bits per heavy atom. The second-order valence-electron chi connectivity index (χ2n) is 4.67. The van der Waals surface area contributed by atoms with Gasteiger partial charge in [-0.1, -0.05) is 0 Å². The highest BCUT2D eigenvalue weighted by Gasteiger charge is 2.37. The van der Waals surface area contributed by atoms with Gasteiger partial charge >= 0.3 is 12.4 Å². The maximum Gasteiger partial charge on any atom is 0.416 e. The van der Waals surface area contributed by atoms with Crippen molar-refractivity contribution in [2.75, 3.05) is 0 Å². The number of hydrogen-bond donors (Lipinski definition) is 2. The molecule has 3 N–H and O–H groups in total. The van der Waals surface area contributed by atoms with Gasteiger partial charge in [0, 0.05) is 11.8 Å². The summed E-state index contributed by atoms with van der Waals surface area (Å²) in [7, 11) is 0. The largest absolute Gasteiger partial charge is 0.416 e. The molecule has 2 rings (SSSR count). The lowest BCUT2D eigenvalue weighted by Crippen LogP contribution is -2.14. The Kier molecular flexibility index (Phi) is 4.67. The average Bonchev–Trinajstić information content (AvgIpc) is 2.91. The number of hydrogen-bond acceptors (Lipinski definition) is 4. The van der Waals surface area contributed by atoms with Crippen molar-refractivity contribution in [3.05, 3.63) is 41.7 Å². The zero-order chi connectivity index (χ0) is 18.1. The second-order valence-corrected chi connectivity index (χ2v) is 4.67. The highest BCUT2D eigenvalue weighted by atomic mass is 19.4. The molecule has 1 aromatic heterocycles. The first-order valence-corrected chi connectivity index (χ1v) is 6.30. The number of alkyl halides is 6. The molecule has 0 radical (unpaired) electrons. The van der Waals surface area contributed by atoms with Gasteiger partial charge in [0.05, 0.1) is 11.1 Å². The van der Waals surface area contributed by atoms with E-state index in [1.807, 2.05) is 0 Å². The third-order valence-corrected chi connectivity index (χ3v) is 2.79. The molecule has 1 unspecified atom stereocenters. The molecule has 1 heterocycles. The minimum absolute atomic E-state index is 0.0190. The van der Waals surface area contributed by atoms with E-state index in [1.54, 1.807) is 0 Å². The molecule has 130 valence electrons. The third-order valence-electron chi connectivity index (χ3n) is 2.79. The summed E-state index contributed by atoms with van der Waals surface area (Å²) >= 11 is 0. The first-order valence-electron chi connectivity index (χ1n) is 6.30. The van der Waals surface area contributed by atoms with E-state index in [9.17, 15) is 26.3 Å². The van der Waals surface area contributed by atoms with Gasteiger partial charge in [-0.25, -0.2) is 9.67 Å². The van der Waals surface area contributed by atoms with E-state index in [0.717, 1.165) is 23.3 Å². The fourth-order valence-electron chi connectivity index (χ4n) is 1.74. The number of aliphatic hydroxyl groups is 1. The van der Waals surface area contributed by atoms with Crippen LogP contribution in [0.5, 0.6) is 0 Å². The summed E-state index contributed by atoms with van der Waals surface area (Å²) in [5.41, 5.74) is 1.68. The van der Waals surface area contributed by atoms with Crippen LogP contribution in [-0.4, -0.2) is 26.1 Å². The van der Waals surface area contributed by atoms with E-state index < -0.39 is 35.3 Å². The van der Waals surface area contributed by atoms with Crippen molar-refractivity contribution >= 4 is 6.20 Å². The Hall–Kier alpha value is -2.40. The average molecular weight is 352 g/mol. The van der Waals surface area contributed by atoms with Gasteiger partial charge in [-0.15, -0.1) is 5.10 Å². The number of rotatable bonds is 3. The zero-order valence-corrected chi connectivity index (χ0v) is 11.7. The van der Waals surface area contributed by atoms with Crippen LogP contribution in [-0.2, 0) is 12.4 Å². The fraction of sp³-hybridized carbons (Fsp3) is 0.231. The second kappa shape index (κ2) is 6.24. The van der Waals surface area contributed by atoms with Crippen LogP contribution in [0.3, 0.4) is 0 Å². The zero-order valence-electron chi connectivity index (χ0n) is 11.7. The molecule has 0 saturated carbocycles. The topological polar surface area (TPSA) is 77.0 Å². The van der Waals surface area contributed by atoms with Gasteiger partial charge in [0.1, 0.15) is 12.6 Å². The van der Waals surface area contributed by atoms with Crippen molar-refractivity contribution in [3.8, 4) is 11.4 Å². The third kappa shape index (κ3) is 4.32. The Labute approximate surface area is 131 Å². The molecule has 24 heavy (non-hydrogen) atoms. The lowest BCUT2D eigenvalue weighted by atomic mass is 10.0. The van der Waals surface area contributed by atoms with E-state index in [0.29, 0.717) is 12.1 Å². The van der Waals surface area contributed by atoms with Crippen LogP contribution < -0.4 is 5.73 Å². The van der Waals surface area contributed by atoms with Gasteiger partial charge in [0.15, 0.2) is 5.82 Å².